The average Bonchev–Trinajstić information content (AvgIpc) is 2.63. The Hall–Kier alpha value is -3.22. The Morgan fingerprint density at radius 3 is 2.34 bits per heavy atom. The summed E-state index contributed by atoms with van der Waals surface area (Å²) in [6, 6.07) is 11.0. The van der Waals surface area contributed by atoms with Crippen LogP contribution in [0.3, 0.4) is 0 Å². The summed E-state index contributed by atoms with van der Waals surface area (Å²) in [4.78, 5) is 35.0. The molecule has 29 heavy (non-hydrogen) atoms. The number of anilines is 1. The number of benzene rings is 2. The first kappa shape index (κ1) is 22.1. The molecule has 7 heteroatoms. The van der Waals surface area contributed by atoms with Crippen LogP contribution in [0.1, 0.15) is 43.6 Å². The molecule has 2 aromatic rings. The Balaban J connectivity index is 1.92. The van der Waals surface area contributed by atoms with E-state index in [1.807, 2.05) is 32.9 Å². The van der Waals surface area contributed by atoms with Gasteiger partial charge in [-0.1, -0.05) is 39.0 Å². The number of ether oxygens (including phenoxy) is 2. The maximum Gasteiger partial charge on any atom is 0.344 e. The summed E-state index contributed by atoms with van der Waals surface area (Å²) >= 11 is 0. The number of hydrogen-bond donors (Lipinski definition) is 1. The minimum absolute atomic E-state index is 0.169. The predicted octanol–water partition coefficient (Wildman–Crippen LogP) is 3.89. The molecular formula is C22H24FNO5. The lowest BCUT2D eigenvalue weighted by molar-refractivity contribution is -0.144. The molecule has 2 rings (SSSR count). The number of amides is 1. The van der Waals surface area contributed by atoms with Crippen LogP contribution in [0.5, 0.6) is 5.75 Å². The van der Waals surface area contributed by atoms with E-state index in [-0.39, 0.29) is 29.2 Å². The molecule has 0 saturated heterocycles. The van der Waals surface area contributed by atoms with E-state index >= 15 is 0 Å². The van der Waals surface area contributed by atoms with Crippen LogP contribution in [-0.4, -0.2) is 30.9 Å². The number of para-hydroxylation sites is 1. The van der Waals surface area contributed by atoms with Crippen LogP contribution in [0.15, 0.2) is 42.5 Å². The highest BCUT2D eigenvalue weighted by Crippen LogP contribution is 2.30. The second-order valence-electron chi connectivity index (χ2n) is 7.49. The normalized spacial score (nSPS) is 10.9. The van der Waals surface area contributed by atoms with E-state index in [4.69, 9.17) is 9.47 Å². The highest BCUT2D eigenvalue weighted by atomic mass is 19.1. The third-order valence-electron chi connectivity index (χ3n) is 3.99. The van der Waals surface area contributed by atoms with Crippen LogP contribution >= 0.6 is 0 Å². The average molecular weight is 401 g/mol. The number of ketones is 1. The molecule has 0 aromatic heterocycles. The number of hydrogen-bond acceptors (Lipinski definition) is 5. The number of halogens is 1. The Morgan fingerprint density at radius 1 is 1.03 bits per heavy atom. The molecule has 0 aliphatic carbocycles. The van der Waals surface area contributed by atoms with E-state index in [1.165, 1.54) is 19.1 Å². The molecule has 0 atom stereocenters. The van der Waals surface area contributed by atoms with E-state index in [0.29, 0.717) is 5.75 Å². The second kappa shape index (κ2) is 9.32. The maximum absolute atomic E-state index is 14.1. The van der Waals surface area contributed by atoms with Crippen LogP contribution in [0.25, 0.3) is 0 Å². The highest BCUT2D eigenvalue weighted by Gasteiger charge is 2.20. The lowest BCUT2D eigenvalue weighted by Gasteiger charge is -2.22. The molecule has 0 unspecified atom stereocenters. The summed E-state index contributed by atoms with van der Waals surface area (Å²) in [6.45, 7) is 6.38. The Morgan fingerprint density at radius 2 is 1.72 bits per heavy atom. The van der Waals surface area contributed by atoms with Gasteiger partial charge < -0.3 is 14.8 Å². The minimum atomic E-state index is -0.812. The van der Waals surface area contributed by atoms with Crippen molar-refractivity contribution in [3.05, 3.63) is 59.4 Å². The summed E-state index contributed by atoms with van der Waals surface area (Å²) in [6.07, 6.45) is 0. The maximum atomic E-state index is 14.1. The van der Waals surface area contributed by atoms with Gasteiger partial charge in [0.2, 0.25) is 11.7 Å². The summed E-state index contributed by atoms with van der Waals surface area (Å²) < 4.78 is 24.5. The van der Waals surface area contributed by atoms with E-state index < -0.39 is 24.2 Å². The first-order chi connectivity index (χ1) is 13.6. The molecule has 2 aromatic carbocycles. The van der Waals surface area contributed by atoms with Gasteiger partial charge in [-0.05, 0) is 35.2 Å². The van der Waals surface area contributed by atoms with Crippen molar-refractivity contribution in [2.75, 3.05) is 18.5 Å². The van der Waals surface area contributed by atoms with Crippen molar-refractivity contribution in [1.29, 1.82) is 0 Å². The molecule has 0 heterocycles. The van der Waals surface area contributed by atoms with Gasteiger partial charge in [0.1, 0.15) is 11.6 Å². The Kier molecular flexibility index (Phi) is 7.09. The van der Waals surface area contributed by atoms with Crippen molar-refractivity contribution >= 4 is 23.3 Å². The molecule has 1 N–H and O–H groups in total. The number of nitrogens with one attached hydrogen (secondary N) is 1. The molecule has 0 saturated carbocycles. The van der Waals surface area contributed by atoms with Crippen LogP contribution < -0.4 is 10.1 Å². The molecule has 6 nitrogen and oxygen atoms in total. The van der Waals surface area contributed by atoms with E-state index in [0.717, 1.165) is 11.6 Å². The summed E-state index contributed by atoms with van der Waals surface area (Å²) in [7, 11) is 0. The van der Waals surface area contributed by atoms with Crippen molar-refractivity contribution < 1.29 is 28.2 Å². The minimum Gasteiger partial charge on any atom is -0.482 e. The van der Waals surface area contributed by atoms with Crippen molar-refractivity contribution in [1.82, 2.24) is 0 Å². The van der Waals surface area contributed by atoms with Crippen molar-refractivity contribution in [3.8, 4) is 5.75 Å². The lowest BCUT2D eigenvalue weighted by atomic mass is 9.86. The standard InChI is InChI=1S/C22H24FNO5/c1-14(25)24-15-9-10-16(18(23)11-15)19(26)12-29-21(27)13-28-20-8-6-5-7-17(20)22(2,3)4/h5-11H,12-13H2,1-4H3,(H,24,25). The molecule has 0 spiro atoms. The molecular weight excluding hydrogens is 377 g/mol. The molecule has 1 amide bonds. The van der Waals surface area contributed by atoms with Gasteiger partial charge in [-0.3, -0.25) is 9.59 Å². The molecule has 154 valence electrons. The fraction of sp³-hybridized carbons (Fsp3) is 0.318. The zero-order valence-electron chi connectivity index (χ0n) is 16.9. The summed E-state index contributed by atoms with van der Waals surface area (Å²) in [5.74, 6) is -2.04. The highest BCUT2D eigenvalue weighted by molar-refractivity contribution is 5.99. The Labute approximate surface area is 169 Å². The van der Waals surface area contributed by atoms with Crippen LogP contribution in [0.2, 0.25) is 0 Å². The van der Waals surface area contributed by atoms with Crippen LogP contribution in [0.4, 0.5) is 10.1 Å². The first-order valence-corrected chi connectivity index (χ1v) is 9.06. The first-order valence-electron chi connectivity index (χ1n) is 9.06. The fourth-order valence-corrected chi connectivity index (χ4v) is 2.64. The van der Waals surface area contributed by atoms with E-state index in [2.05, 4.69) is 5.32 Å². The number of Topliss-reactive ketones (excluding diaryl/α,β-unsaturated/α-hetero) is 1. The monoisotopic (exact) mass is 401 g/mol. The zero-order valence-corrected chi connectivity index (χ0v) is 16.9. The van der Waals surface area contributed by atoms with Gasteiger partial charge in [0, 0.05) is 12.6 Å². The van der Waals surface area contributed by atoms with Gasteiger partial charge >= 0.3 is 5.97 Å². The summed E-state index contributed by atoms with van der Waals surface area (Å²) in [5, 5.41) is 2.42. The SMILES string of the molecule is CC(=O)Nc1ccc(C(=O)COC(=O)COc2ccccc2C(C)(C)C)c(F)c1. The number of rotatable bonds is 7. The Bertz CT molecular complexity index is 918. The smallest absolute Gasteiger partial charge is 0.344 e. The third-order valence-corrected chi connectivity index (χ3v) is 3.99. The van der Waals surface area contributed by atoms with Gasteiger partial charge in [-0.25, -0.2) is 9.18 Å². The molecule has 0 aliphatic heterocycles. The van der Waals surface area contributed by atoms with Crippen LogP contribution in [-0.2, 0) is 19.7 Å². The molecule has 0 radical (unpaired) electrons. The van der Waals surface area contributed by atoms with E-state index in [9.17, 15) is 18.8 Å². The topological polar surface area (TPSA) is 81.7 Å². The van der Waals surface area contributed by atoms with Gasteiger partial charge in [0.25, 0.3) is 0 Å². The number of esters is 1. The fourth-order valence-electron chi connectivity index (χ4n) is 2.64. The van der Waals surface area contributed by atoms with Crippen LogP contribution in [0, 0.1) is 5.82 Å². The zero-order chi connectivity index (χ0) is 21.6. The quantitative estimate of drug-likeness (QED) is 0.562. The third kappa shape index (κ3) is 6.41. The van der Waals surface area contributed by atoms with Crippen molar-refractivity contribution in [2.45, 2.75) is 33.1 Å². The second-order valence-corrected chi connectivity index (χ2v) is 7.49. The van der Waals surface area contributed by atoms with Gasteiger partial charge in [-0.2, -0.15) is 0 Å². The predicted molar refractivity (Wildman–Crippen MR) is 107 cm³/mol. The largest absolute Gasteiger partial charge is 0.482 e. The molecule has 0 fully saturated rings. The molecule has 0 aliphatic rings. The lowest BCUT2D eigenvalue weighted by Crippen LogP contribution is -2.21. The number of carbonyl (C=O) groups excluding carboxylic acids is 3. The van der Waals surface area contributed by atoms with Crippen molar-refractivity contribution in [2.24, 2.45) is 0 Å². The number of carbonyl (C=O) groups is 3. The summed E-state index contributed by atoms with van der Waals surface area (Å²) in [5.41, 5.74) is 0.766. The molecule has 0 bridgehead atoms. The van der Waals surface area contributed by atoms with Gasteiger partial charge in [-0.15, -0.1) is 0 Å². The van der Waals surface area contributed by atoms with Crippen molar-refractivity contribution in [3.63, 3.8) is 0 Å². The van der Waals surface area contributed by atoms with E-state index in [1.54, 1.807) is 12.1 Å². The van der Waals surface area contributed by atoms with Gasteiger partial charge in [0.15, 0.2) is 13.2 Å². The van der Waals surface area contributed by atoms with Gasteiger partial charge in [0.05, 0.1) is 5.56 Å².